The van der Waals surface area contributed by atoms with Crippen LogP contribution >= 0.6 is 23.5 Å². The minimum absolute atomic E-state index is 0.183. The molecule has 0 N–H and O–H groups in total. The van der Waals surface area contributed by atoms with Gasteiger partial charge < -0.3 is 9.47 Å². The van der Waals surface area contributed by atoms with E-state index in [0.717, 1.165) is 5.75 Å². The molecule has 2 atom stereocenters. The molecule has 1 aliphatic heterocycles. The fraction of sp³-hybridized carbons (Fsp3) is 0.812. The average molecular weight is 363 g/mol. The molecule has 2 unspecified atom stereocenters. The Morgan fingerprint density at radius 2 is 1.83 bits per heavy atom. The van der Waals surface area contributed by atoms with E-state index in [1.165, 1.54) is 23.5 Å². The molecule has 0 radical (unpaired) electrons. The standard InChI is InChI=1S/C16H26O5S2/c1-6-20-15(19)16(9-22-7-10(2)3)13(23-8-11(4)5)12(17)14(18)21-16/h10-11,13H,6-9H2,1-5H3. The second kappa shape index (κ2) is 8.97. The quantitative estimate of drug-likeness (QED) is 0.461. The molecule has 7 heteroatoms. The molecule has 0 amide bonds. The van der Waals surface area contributed by atoms with Gasteiger partial charge in [-0.1, -0.05) is 27.7 Å². The lowest BCUT2D eigenvalue weighted by atomic mass is 10.0. The predicted octanol–water partition coefficient (Wildman–Crippen LogP) is 2.56. The van der Waals surface area contributed by atoms with Gasteiger partial charge in [-0.25, -0.2) is 9.59 Å². The number of Topliss-reactive ketones (excluding diaryl/α,β-unsaturated/α-hetero) is 1. The van der Waals surface area contributed by atoms with E-state index < -0.39 is 28.6 Å². The van der Waals surface area contributed by atoms with Crippen LogP contribution in [0.4, 0.5) is 0 Å². The lowest BCUT2D eigenvalue weighted by Gasteiger charge is -2.29. The molecule has 0 aromatic rings. The van der Waals surface area contributed by atoms with Crippen molar-refractivity contribution in [3.8, 4) is 0 Å². The number of ether oxygens (including phenoxy) is 2. The van der Waals surface area contributed by atoms with Crippen molar-refractivity contribution in [2.45, 2.75) is 45.5 Å². The number of esters is 2. The van der Waals surface area contributed by atoms with Gasteiger partial charge in [-0.15, -0.1) is 11.8 Å². The molecule has 0 aliphatic carbocycles. The number of hydrogen-bond acceptors (Lipinski definition) is 7. The van der Waals surface area contributed by atoms with E-state index in [4.69, 9.17) is 9.47 Å². The third kappa shape index (κ3) is 5.14. The van der Waals surface area contributed by atoms with Crippen LogP contribution in [0.25, 0.3) is 0 Å². The second-order valence-electron chi connectivity index (χ2n) is 6.38. The van der Waals surface area contributed by atoms with Crippen LogP contribution in [0.5, 0.6) is 0 Å². The number of cyclic esters (lactones) is 1. The Bertz CT molecular complexity index is 450. The summed E-state index contributed by atoms with van der Waals surface area (Å²) in [6.45, 7) is 10.1. The summed E-state index contributed by atoms with van der Waals surface area (Å²) in [4.78, 5) is 36.6. The molecule has 1 rings (SSSR count). The fourth-order valence-corrected chi connectivity index (χ4v) is 4.76. The van der Waals surface area contributed by atoms with Crippen LogP contribution in [-0.4, -0.2) is 52.4 Å². The van der Waals surface area contributed by atoms with Crippen LogP contribution < -0.4 is 0 Å². The normalized spacial score (nSPS) is 24.4. The highest BCUT2D eigenvalue weighted by molar-refractivity contribution is 8.01. The lowest BCUT2D eigenvalue weighted by Crippen LogP contribution is -2.51. The third-order valence-corrected chi connectivity index (χ3v) is 6.45. The summed E-state index contributed by atoms with van der Waals surface area (Å²) in [5, 5.41) is -0.823. The minimum Gasteiger partial charge on any atom is -0.463 e. The fourth-order valence-electron chi connectivity index (χ4n) is 2.10. The van der Waals surface area contributed by atoms with Gasteiger partial charge in [-0.2, -0.15) is 11.8 Å². The van der Waals surface area contributed by atoms with Crippen molar-refractivity contribution in [3.05, 3.63) is 0 Å². The van der Waals surface area contributed by atoms with Gasteiger partial charge in [-0.3, -0.25) is 4.79 Å². The van der Waals surface area contributed by atoms with Crippen LogP contribution in [-0.2, 0) is 23.9 Å². The summed E-state index contributed by atoms with van der Waals surface area (Å²) in [6.07, 6.45) is 0. The zero-order valence-corrected chi connectivity index (χ0v) is 16.1. The molecule has 0 aromatic heterocycles. The smallest absolute Gasteiger partial charge is 0.377 e. The Kier molecular flexibility index (Phi) is 7.94. The van der Waals surface area contributed by atoms with Gasteiger partial charge in [0.05, 0.1) is 6.61 Å². The van der Waals surface area contributed by atoms with E-state index in [1.54, 1.807) is 6.92 Å². The first-order valence-electron chi connectivity index (χ1n) is 7.88. The molecule has 1 saturated heterocycles. The first-order chi connectivity index (χ1) is 10.7. The predicted molar refractivity (Wildman–Crippen MR) is 93.7 cm³/mol. The summed E-state index contributed by atoms with van der Waals surface area (Å²) in [5.74, 6) is 0.338. The Labute approximate surface area is 146 Å². The van der Waals surface area contributed by atoms with Crippen LogP contribution in [0.3, 0.4) is 0 Å². The van der Waals surface area contributed by atoms with Gasteiger partial charge in [0.25, 0.3) is 5.78 Å². The van der Waals surface area contributed by atoms with Crippen molar-refractivity contribution in [2.24, 2.45) is 11.8 Å². The number of rotatable bonds is 9. The first kappa shape index (κ1) is 20.4. The lowest BCUT2D eigenvalue weighted by molar-refractivity contribution is -0.171. The molecule has 23 heavy (non-hydrogen) atoms. The van der Waals surface area contributed by atoms with Crippen molar-refractivity contribution >= 4 is 41.2 Å². The molecule has 1 aliphatic rings. The zero-order chi connectivity index (χ0) is 17.6. The Hall–Kier alpha value is -0.690. The number of hydrogen-bond donors (Lipinski definition) is 0. The first-order valence-corrected chi connectivity index (χ1v) is 10.1. The molecule has 0 bridgehead atoms. The van der Waals surface area contributed by atoms with Crippen molar-refractivity contribution in [1.82, 2.24) is 0 Å². The second-order valence-corrected chi connectivity index (χ2v) is 8.55. The van der Waals surface area contributed by atoms with Gasteiger partial charge in [0.1, 0.15) is 5.25 Å². The average Bonchev–Trinajstić information content (AvgIpc) is 2.69. The number of thioether (sulfide) groups is 2. The molecular weight excluding hydrogens is 336 g/mol. The Morgan fingerprint density at radius 1 is 1.22 bits per heavy atom. The molecule has 132 valence electrons. The number of ketones is 1. The zero-order valence-electron chi connectivity index (χ0n) is 14.4. The van der Waals surface area contributed by atoms with E-state index >= 15 is 0 Å². The summed E-state index contributed by atoms with van der Waals surface area (Å²) in [6, 6.07) is 0. The van der Waals surface area contributed by atoms with E-state index in [-0.39, 0.29) is 12.4 Å². The highest BCUT2D eigenvalue weighted by Gasteiger charge is 2.61. The van der Waals surface area contributed by atoms with E-state index in [0.29, 0.717) is 17.6 Å². The topological polar surface area (TPSA) is 69.7 Å². The summed E-state index contributed by atoms with van der Waals surface area (Å²) in [7, 11) is 0. The maximum atomic E-state index is 12.5. The van der Waals surface area contributed by atoms with E-state index in [9.17, 15) is 14.4 Å². The Morgan fingerprint density at radius 3 is 2.35 bits per heavy atom. The third-order valence-electron chi connectivity index (χ3n) is 3.12. The van der Waals surface area contributed by atoms with Gasteiger partial charge in [0.2, 0.25) is 5.60 Å². The van der Waals surface area contributed by atoms with Crippen LogP contribution in [0.1, 0.15) is 34.6 Å². The summed E-state index contributed by atoms with van der Waals surface area (Å²) in [5.41, 5.74) is -1.50. The van der Waals surface area contributed by atoms with Crippen LogP contribution in [0, 0.1) is 11.8 Å². The van der Waals surface area contributed by atoms with Gasteiger partial charge in [0.15, 0.2) is 0 Å². The van der Waals surface area contributed by atoms with Crippen molar-refractivity contribution < 1.29 is 23.9 Å². The van der Waals surface area contributed by atoms with Crippen LogP contribution in [0.2, 0.25) is 0 Å². The number of carbonyl (C=O) groups excluding carboxylic acids is 3. The maximum absolute atomic E-state index is 12.5. The molecule has 0 saturated carbocycles. The largest absolute Gasteiger partial charge is 0.463 e. The molecular formula is C16H26O5S2. The van der Waals surface area contributed by atoms with E-state index in [2.05, 4.69) is 13.8 Å². The molecule has 5 nitrogen and oxygen atoms in total. The highest BCUT2D eigenvalue weighted by atomic mass is 32.2. The monoisotopic (exact) mass is 362 g/mol. The molecule has 1 heterocycles. The highest BCUT2D eigenvalue weighted by Crippen LogP contribution is 2.39. The molecule has 1 fully saturated rings. The molecule has 0 spiro atoms. The van der Waals surface area contributed by atoms with Gasteiger partial charge in [0, 0.05) is 5.75 Å². The SMILES string of the molecule is CCOC(=O)C1(CSCC(C)C)OC(=O)C(=O)C1SCC(C)C. The minimum atomic E-state index is -1.50. The van der Waals surface area contributed by atoms with Crippen LogP contribution in [0.15, 0.2) is 0 Å². The van der Waals surface area contributed by atoms with E-state index in [1.807, 2.05) is 13.8 Å². The molecule has 0 aromatic carbocycles. The van der Waals surface area contributed by atoms with Crippen molar-refractivity contribution in [3.63, 3.8) is 0 Å². The maximum Gasteiger partial charge on any atom is 0.377 e. The van der Waals surface area contributed by atoms with Gasteiger partial charge >= 0.3 is 11.9 Å². The van der Waals surface area contributed by atoms with Gasteiger partial charge in [-0.05, 0) is 30.3 Å². The van der Waals surface area contributed by atoms with Crippen molar-refractivity contribution in [1.29, 1.82) is 0 Å². The number of carbonyl (C=O) groups is 3. The summed E-state index contributed by atoms with van der Waals surface area (Å²) >= 11 is 2.82. The summed E-state index contributed by atoms with van der Waals surface area (Å²) < 4.78 is 10.4. The Balaban J connectivity index is 3.03. The van der Waals surface area contributed by atoms with Crippen molar-refractivity contribution in [2.75, 3.05) is 23.9 Å².